The van der Waals surface area contributed by atoms with Crippen LogP contribution in [0.1, 0.15) is 22.2 Å². The van der Waals surface area contributed by atoms with Crippen molar-refractivity contribution in [2.24, 2.45) is 0 Å². The Bertz CT molecular complexity index is 584. The van der Waals surface area contributed by atoms with Crippen LogP contribution in [0.3, 0.4) is 0 Å². The number of hydrogen-bond acceptors (Lipinski definition) is 3. The molecule has 0 N–H and O–H groups in total. The smallest absolute Gasteiger partial charge is 0.217 e. The van der Waals surface area contributed by atoms with E-state index in [1.807, 2.05) is 21.3 Å². The Balaban J connectivity index is 2.54. The van der Waals surface area contributed by atoms with Crippen LogP contribution in [0.5, 0.6) is 0 Å². The molecule has 0 aromatic heterocycles. The van der Waals surface area contributed by atoms with E-state index in [4.69, 9.17) is 13.3 Å². The summed E-state index contributed by atoms with van der Waals surface area (Å²) in [5.41, 5.74) is 4.02. The van der Waals surface area contributed by atoms with Crippen molar-refractivity contribution in [3.05, 3.63) is 29.3 Å². The highest BCUT2D eigenvalue weighted by Crippen LogP contribution is 2.55. The summed E-state index contributed by atoms with van der Waals surface area (Å²) in [5.74, 6) is 0. The van der Waals surface area contributed by atoms with E-state index in [0.29, 0.717) is 11.1 Å². The van der Waals surface area contributed by atoms with E-state index in [9.17, 15) is 0 Å². The molecular formula is C17H32O3Si3. The molecule has 0 fully saturated rings. The van der Waals surface area contributed by atoms with Gasteiger partial charge < -0.3 is 13.3 Å². The Labute approximate surface area is 144 Å². The van der Waals surface area contributed by atoms with Gasteiger partial charge in [0.25, 0.3) is 0 Å². The molecule has 0 heterocycles. The lowest BCUT2D eigenvalue weighted by atomic mass is 9.87. The number of rotatable bonds is 6. The summed E-state index contributed by atoms with van der Waals surface area (Å²) in [6.45, 7) is 13.8. The van der Waals surface area contributed by atoms with E-state index in [0.717, 1.165) is 0 Å². The highest BCUT2D eigenvalue weighted by molar-refractivity contribution is 6.84. The first-order valence-electron chi connectivity index (χ1n) is 8.31. The molecule has 0 amide bonds. The minimum atomic E-state index is -1.80. The maximum Gasteiger partial charge on any atom is 0.217 e. The Hall–Kier alpha value is -0.249. The fourth-order valence-electron chi connectivity index (χ4n) is 3.69. The van der Waals surface area contributed by atoms with Gasteiger partial charge in [-0.05, 0) is 55.6 Å². The van der Waals surface area contributed by atoms with E-state index in [2.05, 4.69) is 57.5 Å². The third-order valence-corrected chi connectivity index (χ3v) is 15.3. The van der Waals surface area contributed by atoms with Crippen LogP contribution in [0.4, 0.5) is 0 Å². The maximum absolute atomic E-state index is 6.01. The van der Waals surface area contributed by atoms with Crippen molar-refractivity contribution >= 4 is 30.1 Å². The van der Waals surface area contributed by atoms with Gasteiger partial charge >= 0.3 is 0 Å². The van der Waals surface area contributed by atoms with E-state index in [-0.39, 0.29) is 0 Å². The largest absolute Gasteiger partial charge is 0.420 e. The lowest BCUT2D eigenvalue weighted by Crippen LogP contribution is -2.56. The summed E-state index contributed by atoms with van der Waals surface area (Å²) in [6.07, 6.45) is 0. The van der Waals surface area contributed by atoms with Gasteiger partial charge in [0, 0.05) is 32.4 Å². The molecule has 0 radical (unpaired) electrons. The van der Waals surface area contributed by atoms with E-state index >= 15 is 0 Å². The molecule has 1 aliphatic rings. The zero-order valence-electron chi connectivity index (χ0n) is 16.1. The first kappa shape index (κ1) is 19.1. The minimum absolute atomic E-state index is 0.519. The molecule has 23 heavy (non-hydrogen) atoms. The van der Waals surface area contributed by atoms with Crippen molar-refractivity contribution in [2.45, 2.75) is 50.4 Å². The zero-order valence-corrected chi connectivity index (χ0v) is 19.1. The first-order chi connectivity index (χ1) is 10.5. The molecule has 130 valence electrons. The molecule has 2 atom stereocenters. The van der Waals surface area contributed by atoms with E-state index in [1.54, 1.807) is 0 Å². The molecule has 0 saturated carbocycles. The number of hydrogen-bond donors (Lipinski definition) is 0. The quantitative estimate of drug-likeness (QED) is 0.717. The van der Waals surface area contributed by atoms with Gasteiger partial charge in [0.15, 0.2) is 16.6 Å². The van der Waals surface area contributed by atoms with E-state index < -0.39 is 25.0 Å². The molecule has 3 nitrogen and oxygen atoms in total. The van der Waals surface area contributed by atoms with Gasteiger partial charge in [-0.15, -0.1) is 0 Å². The fourth-order valence-corrected chi connectivity index (χ4v) is 11.8. The van der Waals surface area contributed by atoms with Crippen molar-refractivity contribution in [1.29, 1.82) is 0 Å². The summed E-state index contributed by atoms with van der Waals surface area (Å²) in [6, 6.07) is 7.01. The predicted octanol–water partition coefficient (Wildman–Crippen LogP) is 3.71. The van der Waals surface area contributed by atoms with E-state index in [1.165, 1.54) is 16.3 Å². The van der Waals surface area contributed by atoms with Crippen LogP contribution in [0, 0.1) is 0 Å². The van der Waals surface area contributed by atoms with Crippen LogP contribution >= 0.6 is 0 Å². The van der Waals surface area contributed by atoms with Gasteiger partial charge in [0.2, 0.25) is 8.32 Å². The summed E-state index contributed by atoms with van der Waals surface area (Å²) in [7, 11) is 0.220. The topological polar surface area (TPSA) is 27.7 Å². The minimum Gasteiger partial charge on any atom is -0.420 e. The second kappa shape index (κ2) is 6.24. The van der Waals surface area contributed by atoms with Gasteiger partial charge in [-0.25, -0.2) is 0 Å². The molecule has 2 rings (SSSR count). The Morgan fingerprint density at radius 2 is 1.17 bits per heavy atom. The average molecular weight is 369 g/mol. The Morgan fingerprint density at radius 1 is 0.696 bits per heavy atom. The third kappa shape index (κ3) is 3.17. The fraction of sp³-hybridized carbons (Fsp3) is 0.647. The Kier molecular flexibility index (Phi) is 5.17. The molecule has 1 aromatic carbocycles. The van der Waals surface area contributed by atoms with Gasteiger partial charge in [-0.1, -0.05) is 18.2 Å². The van der Waals surface area contributed by atoms with Crippen LogP contribution in [0.2, 0.25) is 39.3 Å². The lowest BCUT2D eigenvalue weighted by Gasteiger charge is -2.51. The summed E-state index contributed by atoms with van der Waals surface area (Å²) in [4.78, 5) is 0. The number of benzene rings is 1. The molecule has 2 unspecified atom stereocenters. The van der Waals surface area contributed by atoms with Gasteiger partial charge in [-0.3, -0.25) is 0 Å². The zero-order chi connectivity index (χ0) is 17.6. The maximum atomic E-state index is 6.01. The van der Waals surface area contributed by atoms with Crippen molar-refractivity contribution in [3.8, 4) is 0 Å². The molecule has 1 aromatic rings. The monoisotopic (exact) mass is 368 g/mol. The molecule has 6 heteroatoms. The SMILES string of the molecule is CO[Si](C)(C)c1ccc2c(c1)C([Si](C)(C)OC)C2[Si](C)(C)OC. The molecule has 0 bridgehead atoms. The molecule has 0 spiro atoms. The molecule has 1 aliphatic carbocycles. The summed E-state index contributed by atoms with van der Waals surface area (Å²) < 4.78 is 17.8. The van der Waals surface area contributed by atoms with Crippen molar-refractivity contribution < 1.29 is 13.3 Å². The highest BCUT2D eigenvalue weighted by Gasteiger charge is 2.55. The van der Waals surface area contributed by atoms with Crippen molar-refractivity contribution in [1.82, 2.24) is 0 Å². The van der Waals surface area contributed by atoms with Crippen molar-refractivity contribution in [3.63, 3.8) is 0 Å². The second-order valence-corrected chi connectivity index (χ2v) is 20.6. The summed E-state index contributed by atoms with van der Waals surface area (Å²) in [5, 5.41) is 1.37. The molecule has 0 aliphatic heterocycles. The van der Waals surface area contributed by atoms with Crippen LogP contribution in [-0.2, 0) is 13.3 Å². The van der Waals surface area contributed by atoms with Crippen molar-refractivity contribution in [2.75, 3.05) is 21.3 Å². The number of fused-ring (bicyclic) bond motifs is 1. The van der Waals surface area contributed by atoms with Gasteiger partial charge in [-0.2, -0.15) is 0 Å². The average Bonchev–Trinajstić information content (AvgIpc) is 2.47. The third-order valence-electron chi connectivity index (χ3n) is 5.85. The standard InChI is InChI=1S/C17H32O3Si3/c1-18-21(4,5)13-10-11-14-15(12-13)17(23(8,9)20-3)16(14)22(6,7)19-2/h10-12,16-17H,1-9H3. The normalized spacial score (nSPS) is 21.8. The van der Waals surface area contributed by atoms with Crippen LogP contribution in [0.25, 0.3) is 0 Å². The highest BCUT2D eigenvalue weighted by atomic mass is 28.4. The molecular weight excluding hydrogens is 336 g/mol. The van der Waals surface area contributed by atoms with Crippen LogP contribution < -0.4 is 5.19 Å². The van der Waals surface area contributed by atoms with Crippen LogP contribution in [0.15, 0.2) is 18.2 Å². The first-order valence-corrected chi connectivity index (χ1v) is 17.2. The molecule has 0 saturated heterocycles. The van der Waals surface area contributed by atoms with Crippen LogP contribution in [-0.4, -0.2) is 46.3 Å². The van der Waals surface area contributed by atoms with Gasteiger partial charge in [0.05, 0.1) is 0 Å². The second-order valence-electron chi connectivity index (χ2n) is 8.13. The predicted molar refractivity (Wildman–Crippen MR) is 105 cm³/mol. The Morgan fingerprint density at radius 3 is 1.61 bits per heavy atom. The van der Waals surface area contributed by atoms with Gasteiger partial charge in [0.1, 0.15) is 0 Å². The summed E-state index contributed by atoms with van der Waals surface area (Å²) >= 11 is 0. The lowest BCUT2D eigenvalue weighted by molar-refractivity contribution is 0.356.